The summed E-state index contributed by atoms with van der Waals surface area (Å²) >= 11 is 0. The summed E-state index contributed by atoms with van der Waals surface area (Å²) < 4.78 is 3.48. The van der Waals surface area contributed by atoms with Gasteiger partial charge in [0.15, 0.2) is 5.65 Å². The summed E-state index contributed by atoms with van der Waals surface area (Å²) in [7, 11) is 0. The molecule has 0 saturated carbocycles. The van der Waals surface area contributed by atoms with Crippen LogP contribution in [0.2, 0.25) is 0 Å². The highest BCUT2D eigenvalue weighted by Crippen LogP contribution is 2.12. The Kier molecular flexibility index (Phi) is 3.51. The number of fused-ring (bicyclic) bond motifs is 1. The van der Waals surface area contributed by atoms with Crippen molar-refractivity contribution in [2.75, 3.05) is 11.9 Å². The van der Waals surface area contributed by atoms with Crippen LogP contribution in [0.5, 0.6) is 0 Å². The summed E-state index contributed by atoms with van der Waals surface area (Å²) in [6, 6.07) is 3.88. The molecular weight excluding hydrogens is 294 g/mol. The molecule has 3 aromatic heterocycles. The molecule has 8 nitrogen and oxygen atoms in total. The highest BCUT2D eigenvalue weighted by atomic mass is 16.1. The fourth-order valence-corrected chi connectivity index (χ4v) is 2.83. The number of nitrogens with zero attached hydrogens (tertiary/aromatic N) is 5. The van der Waals surface area contributed by atoms with Gasteiger partial charge in [-0.25, -0.2) is 9.50 Å². The van der Waals surface area contributed by atoms with E-state index in [0.29, 0.717) is 22.9 Å². The smallest absolute Gasteiger partial charge is 0.255 e. The van der Waals surface area contributed by atoms with Crippen LogP contribution in [0.3, 0.4) is 0 Å². The van der Waals surface area contributed by atoms with Gasteiger partial charge >= 0.3 is 0 Å². The first-order chi connectivity index (χ1) is 11.3. The molecule has 1 saturated heterocycles. The van der Waals surface area contributed by atoms with Crippen molar-refractivity contribution in [3.63, 3.8) is 0 Å². The highest BCUT2D eigenvalue weighted by Gasteiger charge is 2.15. The lowest BCUT2D eigenvalue weighted by molar-refractivity contribution is 0.102. The lowest BCUT2D eigenvalue weighted by atomic mass is 10.2. The van der Waals surface area contributed by atoms with Crippen molar-refractivity contribution in [3.8, 4) is 0 Å². The largest absolute Gasteiger partial charge is 0.319 e. The maximum atomic E-state index is 12.3. The molecule has 118 valence electrons. The summed E-state index contributed by atoms with van der Waals surface area (Å²) in [5, 5.41) is 14.6. The molecular formula is C15H17N7O. The number of nitrogens with one attached hydrogen (secondary N) is 2. The first kappa shape index (κ1) is 13.9. The van der Waals surface area contributed by atoms with Crippen LogP contribution in [-0.4, -0.2) is 42.9 Å². The normalized spacial score (nSPS) is 17.7. The molecule has 1 aliphatic heterocycles. The molecule has 3 aromatic rings. The molecule has 1 amide bonds. The fourth-order valence-electron chi connectivity index (χ4n) is 2.83. The molecule has 4 heterocycles. The number of hydrogen-bond acceptors (Lipinski definition) is 5. The van der Waals surface area contributed by atoms with E-state index >= 15 is 0 Å². The quantitative estimate of drug-likeness (QED) is 0.748. The van der Waals surface area contributed by atoms with E-state index < -0.39 is 0 Å². The minimum Gasteiger partial charge on any atom is -0.319 e. The summed E-state index contributed by atoms with van der Waals surface area (Å²) in [5.41, 5.74) is 1.87. The molecule has 4 rings (SSSR count). The molecule has 0 radical (unpaired) electrons. The number of carbonyl (C=O) groups is 1. The van der Waals surface area contributed by atoms with Gasteiger partial charge in [0.05, 0.1) is 18.4 Å². The van der Waals surface area contributed by atoms with Gasteiger partial charge in [-0.2, -0.15) is 10.2 Å². The third kappa shape index (κ3) is 2.93. The minimum absolute atomic E-state index is 0.186. The van der Waals surface area contributed by atoms with Crippen LogP contribution in [0.1, 0.15) is 23.2 Å². The maximum absolute atomic E-state index is 12.3. The zero-order chi connectivity index (χ0) is 15.6. The zero-order valence-corrected chi connectivity index (χ0v) is 12.5. The molecule has 1 aliphatic rings. The van der Waals surface area contributed by atoms with Gasteiger partial charge in [0.25, 0.3) is 5.91 Å². The summed E-state index contributed by atoms with van der Waals surface area (Å²) in [6.07, 6.45) is 9.07. The Labute approximate surface area is 132 Å². The van der Waals surface area contributed by atoms with Crippen molar-refractivity contribution in [2.45, 2.75) is 25.4 Å². The van der Waals surface area contributed by atoms with Crippen LogP contribution in [0.4, 0.5) is 5.69 Å². The second-order valence-electron chi connectivity index (χ2n) is 5.68. The standard InChI is InChI=1S/C15H17N7O/c23-15(11-3-5-22-14(6-11)17-10-19-22)20-13-7-18-21(9-13)8-12-2-1-4-16-12/h3,5-7,9-10,12,16H,1-2,4,8H2,(H,20,23). The molecule has 1 atom stereocenters. The van der Waals surface area contributed by atoms with Gasteiger partial charge in [-0.3, -0.25) is 9.48 Å². The first-order valence-electron chi connectivity index (χ1n) is 7.64. The second kappa shape index (κ2) is 5.81. The van der Waals surface area contributed by atoms with Crippen LogP contribution >= 0.6 is 0 Å². The van der Waals surface area contributed by atoms with E-state index in [0.717, 1.165) is 13.1 Å². The number of aromatic nitrogens is 5. The first-order valence-corrected chi connectivity index (χ1v) is 7.64. The third-order valence-corrected chi connectivity index (χ3v) is 4.00. The van der Waals surface area contributed by atoms with Gasteiger partial charge < -0.3 is 10.6 Å². The van der Waals surface area contributed by atoms with Crippen molar-refractivity contribution < 1.29 is 4.79 Å². The van der Waals surface area contributed by atoms with Gasteiger partial charge in [-0.15, -0.1) is 0 Å². The minimum atomic E-state index is -0.186. The number of carbonyl (C=O) groups excluding carboxylic acids is 1. The SMILES string of the molecule is O=C(Nc1cnn(CC2CCCN2)c1)c1ccn2ncnc2c1. The van der Waals surface area contributed by atoms with Crippen molar-refractivity contribution in [1.82, 2.24) is 29.7 Å². The Morgan fingerprint density at radius 2 is 2.39 bits per heavy atom. The van der Waals surface area contributed by atoms with Gasteiger partial charge in [-0.05, 0) is 31.5 Å². The summed E-state index contributed by atoms with van der Waals surface area (Å²) in [5.74, 6) is -0.186. The number of amides is 1. The van der Waals surface area contributed by atoms with Crippen molar-refractivity contribution in [2.24, 2.45) is 0 Å². The Morgan fingerprint density at radius 3 is 3.26 bits per heavy atom. The summed E-state index contributed by atoms with van der Waals surface area (Å²) in [6.45, 7) is 1.89. The Bertz CT molecular complexity index is 831. The van der Waals surface area contributed by atoms with E-state index in [9.17, 15) is 4.79 Å². The van der Waals surface area contributed by atoms with E-state index in [-0.39, 0.29) is 5.91 Å². The maximum Gasteiger partial charge on any atom is 0.255 e. The topological polar surface area (TPSA) is 89.1 Å². The number of anilines is 1. The van der Waals surface area contributed by atoms with Gasteiger partial charge in [0.1, 0.15) is 6.33 Å². The number of rotatable bonds is 4. The molecule has 2 N–H and O–H groups in total. The Balaban J connectivity index is 1.44. The Hall–Kier alpha value is -2.74. The third-order valence-electron chi connectivity index (χ3n) is 4.00. The molecule has 0 aromatic carbocycles. The zero-order valence-electron chi connectivity index (χ0n) is 12.5. The van der Waals surface area contributed by atoms with E-state index in [1.807, 2.05) is 10.9 Å². The molecule has 8 heteroatoms. The van der Waals surface area contributed by atoms with E-state index in [4.69, 9.17) is 0 Å². The molecule has 1 unspecified atom stereocenters. The van der Waals surface area contributed by atoms with Crippen molar-refractivity contribution in [3.05, 3.63) is 42.6 Å². The van der Waals surface area contributed by atoms with Crippen LogP contribution in [0.25, 0.3) is 5.65 Å². The molecule has 0 spiro atoms. The molecule has 23 heavy (non-hydrogen) atoms. The average Bonchev–Trinajstić information content (AvgIpc) is 3.28. The predicted octanol–water partition coefficient (Wildman–Crippen LogP) is 0.930. The lowest BCUT2D eigenvalue weighted by Gasteiger charge is -2.09. The van der Waals surface area contributed by atoms with Crippen LogP contribution in [-0.2, 0) is 6.54 Å². The number of pyridine rings is 1. The van der Waals surface area contributed by atoms with Gasteiger partial charge in [0, 0.05) is 24.0 Å². The van der Waals surface area contributed by atoms with Crippen LogP contribution < -0.4 is 10.6 Å². The summed E-state index contributed by atoms with van der Waals surface area (Å²) in [4.78, 5) is 16.4. The van der Waals surface area contributed by atoms with Crippen molar-refractivity contribution >= 4 is 17.2 Å². The molecule has 0 aliphatic carbocycles. The number of hydrogen-bond donors (Lipinski definition) is 2. The monoisotopic (exact) mass is 311 g/mol. The van der Waals surface area contributed by atoms with Gasteiger partial charge in [-0.1, -0.05) is 0 Å². The second-order valence-corrected chi connectivity index (χ2v) is 5.68. The highest BCUT2D eigenvalue weighted by molar-refractivity contribution is 6.04. The molecule has 1 fully saturated rings. The Morgan fingerprint density at radius 1 is 1.43 bits per heavy atom. The lowest BCUT2D eigenvalue weighted by Crippen LogP contribution is -2.26. The van der Waals surface area contributed by atoms with Crippen LogP contribution in [0.15, 0.2) is 37.1 Å². The fraction of sp³-hybridized carbons (Fsp3) is 0.333. The van der Waals surface area contributed by atoms with Crippen LogP contribution in [0, 0.1) is 0 Å². The molecule has 0 bridgehead atoms. The van der Waals surface area contributed by atoms with E-state index in [1.54, 1.807) is 29.0 Å². The van der Waals surface area contributed by atoms with E-state index in [1.165, 1.54) is 19.2 Å². The predicted molar refractivity (Wildman–Crippen MR) is 84.2 cm³/mol. The van der Waals surface area contributed by atoms with Crippen molar-refractivity contribution in [1.29, 1.82) is 0 Å². The van der Waals surface area contributed by atoms with Gasteiger partial charge in [0.2, 0.25) is 0 Å². The van der Waals surface area contributed by atoms with E-state index in [2.05, 4.69) is 25.8 Å². The average molecular weight is 311 g/mol.